The highest BCUT2D eigenvalue weighted by atomic mass is 32.2. The summed E-state index contributed by atoms with van der Waals surface area (Å²) in [6.45, 7) is 0. The van der Waals surface area contributed by atoms with E-state index in [2.05, 4.69) is 16.0 Å². The number of aliphatic hydroxyl groups is 3. The molecule has 1 aromatic carbocycles. The van der Waals surface area contributed by atoms with Gasteiger partial charge in [0.25, 0.3) is 15.7 Å². The predicted molar refractivity (Wildman–Crippen MR) is 182 cm³/mol. The number of benzene rings is 1. The van der Waals surface area contributed by atoms with E-state index >= 15 is 0 Å². The minimum Gasteiger partial charge on any atom is -0.467 e. The van der Waals surface area contributed by atoms with E-state index in [9.17, 15) is 29.7 Å². The van der Waals surface area contributed by atoms with E-state index in [1.165, 1.54) is 17.6 Å². The molecule has 3 amide bonds. The van der Waals surface area contributed by atoms with Crippen molar-refractivity contribution in [3.05, 3.63) is 82.4 Å². The van der Waals surface area contributed by atoms with Crippen LogP contribution in [0.25, 0.3) is 0 Å². The third-order valence-corrected chi connectivity index (χ3v) is 11.5. The Hall–Kier alpha value is -2.19. The normalized spacial score (nSPS) is 23.3. The molecule has 3 aliphatic rings. The number of hydrogen-bond acceptors (Lipinski definition) is 14. The molecule has 43 heavy (non-hydrogen) atoms. The zero-order valence-corrected chi connectivity index (χ0v) is 27.4. The molecule has 6 atom stereocenters. The first-order valence-corrected chi connectivity index (χ1v) is 17.0. The summed E-state index contributed by atoms with van der Waals surface area (Å²) < 4.78 is 5.03. The van der Waals surface area contributed by atoms with Gasteiger partial charge < -0.3 is 35.7 Å². The number of amides is 3. The standard InChI is InChI=1S/C10H9NO2S2.C8H7NO3S2.C8H7NO2S3/c12-7(6-4-2-1-3-5-6)8-9(14)11-10(13)15-8;10-5(4-2-1-3-12-4)6-7(13)9-8(11)14-6;10-5(4-2-1-3-13-4)6-7(12)9-8(11)14-6/h1-5,7-8,12H,(H,11,13,14);1-3,5-6,10H,(H,9,11,13);1-3,5-6,10H,(H,9,11,12). The summed E-state index contributed by atoms with van der Waals surface area (Å²) in [5, 5.41) is 37.3. The van der Waals surface area contributed by atoms with Crippen LogP contribution in [0.3, 0.4) is 0 Å². The van der Waals surface area contributed by atoms with Gasteiger partial charge in [-0.05, 0) is 29.1 Å². The van der Waals surface area contributed by atoms with Gasteiger partial charge in [0, 0.05) is 4.88 Å². The van der Waals surface area contributed by atoms with Crippen molar-refractivity contribution in [1.29, 1.82) is 0 Å². The largest absolute Gasteiger partial charge is 0.467 e. The highest BCUT2D eigenvalue weighted by molar-refractivity contribution is 8.17. The number of nitrogens with one attached hydrogen (secondary N) is 3. The number of thioether (sulfide) groups is 3. The number of carbonyl (C=O) groups excluding carboxylic acids is 3. The van der Waals surface area contributed by atoms with Crippen LogP contribution in [0.4, 0.5) is 14.4 Å². The minimum absolute atomic E-state index is 0.185. The molecule has 5 heterocycles. The maximum absolute atomic E-state index is 11.1. The lowest BCUT2D eigenvalue weighted by Crippen LogP contribution is -2.26. The lowest BCUT2D eigenvalue weighted by molar-refractivity contribution is 0.162. The first kappa shape index (κ1) is 33.7. The van der Waals surface area contributed by atoms with Crippen LogP contribution in [-0.4, -0.2) is 61.8 Å². The number of furan rings is 1. The third kappa shape index (κ3) is 8.93. The zero-order valence-electron chi connectivity index (χ0n) is 21.6. The second kappa shape index (κ2) is 15.7. The summed E-state index contributed by atoms with van der Waals surface area (Å²) in [5.41, 5.74) is 0.772. The summed E-state index contributed by atoms with van der Waals surface area (Å²) in [6, 6.07) is 16.2. The van der Waals surface area contributed by atoms with Gasteiger partial charge in [-0.25, -0.2) is 0 Å². The van der Waals surface area contributed by atoms with Crippen molar-refractivity contribution in [2.75, 3.05) is 0 Å². The van der Waals surface area contributed by atoms with Crippen molar-refractivity contribution < 1.29 is 34.1 Å². The van der Waals surface area contributed by atoms with Crippen molar-refractivity contribution in [3.63, 3.8) is 0 Å². The molecule has 0 radical (unpaired) electrons. The van der Waals surface area contributed by atoms with E-state index in [0.717, 1.165) is 45.7 Å². The van der Waals surface area contributed by atoms with Crippen LogP contribution in [0, 0.1) is 0 Å². The van der Waals surface area contributed by atoms with Crippen LogP contribution >= 0.6 is 83.3 Å². The predicted octanol–water partition coefficient (Wildman–Crippen LogP) is 5.27. The lowest BCUT2D eigenvalue weighted by atomic mass is 10.1. The molecule has 0 bridgehead atoms. The molecule has 0 saturated carbocycles. The molecule has 6 unspecified atom stereocenters. The quantitative estimate of drug-likeness (QED) is 0.184. The minimum atomic E-state index is -0.874. The molecule has 10 nitrogen and oxygen atoms in total. The van der Waals surface area contributed by atoms with Crippen LogP contribution in [0.15, 0.2) is 70.7 Å². The maximum atomic E-state index is 11.1. The van der Waals surface area contributed by atoms with Crippen LogP contribution in [0.2, 0.25) is 0 Å². The number of hydrogen-bond donors (Lipinski definition) is 6. The van der Waals surface area contributed by atoms with Gasteiger partial charge in [0.1, 0.15) is 18.0 Å². The van der Waals surface area contributed by atoms with Gasteiger partial charge in [0.05, 0.1) is 43.1 Å². The third-order valence-electron chi connectivity index (χ3n) is 5.82. The summed E-state index contributed by atoms with van der Waals surface area (Å²) in [7, 11) is 0. The van der Waals surface area contributed by atoms with Crippen molar-refractivity contribution in [3.8, 4) is 0 Å². The average Bonchev–Trinajstić information content (AvgIpc) is 3.82. The highest BCUT2D eigenvalue weighted by Crippen LogP contribution is 2.34. The average molecular weight is 714 g/mol. The van der Waals surface area contributed by atoms with Crippen LogP contribution in [0.5, 0.6) is 0 Å². The fraction of sp³-hybridized carbons (Fsp3) is 0.231. The van der Waals surface area contributed by atoms with E-state index in [0.29, 0.717) is 20.7 Å². The summed E-state index contributed by atoms with van der Waals surface area (Å²) in [6.07, 6.45) is -0.827. The Morgan fingerprint density at radius 1 is 0.651 bits per heavy atom. The molecule has 17 heteroatoms. The Morgan fingerprint density at radius 2 is 1.16 bits per heavy atom. The van der Waals surface area contributed by atoms with Crippen molar-refractivity contribution in [2.24, 2.45) is 0 Å². The van der Waals surface area contributed by atoms with Crippen molar-refractivity contribution in [1.82, 2.24) is 16.0 Å². The van der Waals surface area contributed by atoms with Crippen LogP contribution in [-0.2, 0) is 0 Å². The molecule has 3 saturated heterocycles. The molecule has 3 fully saturated rings. The summed E-state index contributed by atoms with van der Waals surface area (Å²) in [4.78, 5) is 35.0. The lowest BCUT2D eigenvalue weighted by Gasteiger charge is -2.15. The molecule has 3 aromatic rings. The van der Waals surface area contributed by atoms with E-state index < -0.39 is 23.6 Å². The molecule has 226 valence electrons. The molecule has 6 N–H and O–H groups in total. The van der Waals surface area contributed by atoms with Gasteiger partial charge in [-0.2, -0.15) is 0 Å². The van der Waals surface area contributed by atoms with Gasteiger partial charge in [-0.15, -0.1) is 11.3 Å². The molecular formula is C26H23N3O7S7. The van der Waals surface area contributed by atoms with E-state index in [-0.39, 0.29) is 26.2 Å². The number of rotatable bonds is 6. The Labute approximate surface area is 278 Å². The number of carbonyl (C=O) groups is 3. The van der Waals surface area contributed by atoms with E-state index in [4.69, 9.17) is 41.1 Å². The van der Waals surface area contributed by atoms with E-state index in [1.54, 1.807) is 12.1 Å². The highest BCUT2D eigenvalue weighted by Gasteiger charge is 2.37. The van der Waals surface area contributed by atoms with Crippen molar-refractivity contribution >= 4 is 114 Å². The molecule has 3 aliphatic heterocycles. The zero-order chi connectivity index (χ0) is 31.1. The van der Waals surface area contributed by atoms with Gasteiger partial charge >= 0.3 is 0 Å². The fourth-order valence-electron chi connectivity index (χ4n) is 3.78. The molecule has 0 aliphatic carbocycles. The van der Waals surface area contributed by atoms with E-state index in [1.807, 2.05) is 47.8 Å². The van der Waals surface area contributed by atoms with Gasteiger partial charge in [-0.3, -0.25) is 14.4 Å². The summed E-state index contributed by atoms with van der Waals surface area (Å²) in [5.74, 6) is 0.418. The van der Waals surface area contributed by atoms with Gasteiger partial charge in [-0.1, -0.05) is 108 Å². The number of aliphatic hydroxyl groups excluding tert-OH is 3. The van der Waals surface area contributed by atoms with Gasteiger partial charge in [0.2, 0.25) is 0 Å². The van der Waals surface area contributed by atoms with Gasteiger partial charge in [0.15, 0.2) is 0 Å². The summed E-state index contributed by atoms with van der Waals surface area (Å²) >= 11 is 19.4. The fourth-order valence-corrected chi connectivity index (χ4v) is 8.42. The Morgan fingerprint density at radius 3 is 1.58 bits per heavy atom. The Balaban J connectivity index is 0.000000148. The van der Waals surface area contributed by atoms with Crippen LogP contribution in [0.1, 0.15) is 34.5 Å². The first-order chi connectivity index (χ1) is 20.5. The number of thiophene rings is 1. The number of thiocarbonyl (C=S) groups is 3. The SMILES string of the molecule is O=C1NC(=S)C(C(O)c2ccccc2)S1.O=C1NC(=S)C(C(O)c2ccco2)S1.O=C1NC(=S)C(C(O)c2cccs2)S1. The van der Waals surface area contributed by atoms with Crippen LogP contribution < -0.4 is 16.0 Å². The second-order valence-electron chi connectivity index (χ2n) is 8.72. The molecule has 6 rings (SSSR count). The topological polar surface area (TPSA) is 161 Å². The smallest absolute Gasteiger partial charge is 0.284 e. The second-order valence-corrected chi connectivity index (χ2v) is 14.4. The Bertz CT molecular complexity index is 1400. The maximum Gasteiger partial charge on any atom is 0.284 e. The Kier molecular flexibility index (Phi) is 12.3. The first-order valence-electron chi connectivity index (χ1n) is 12.3. The molecular weight excluding hydrogens is 691 g/mol. The molecule has 0 spiro atoms. The van der Waals surface area contributed by atoms with Crippen molar-refractivity contribution in [2.45, 2.75) is 34.1 Å². The monoisotopic (exact) mass is 713 g/mol. The molecule has 2 aromatic heterocycles.